The van der Waals surface area contributed by atoms with E-state index in [-0.39, 0.29) is 0 Å². The maximum absolute atomic E-state index is 3.34. The van der Waals surface area contributed by atoms with Crippen LogP contribution in [0.25, 0.3) is 0 Å². The third-order valence-corrected chi connectivity index (χ3v) is 1.68. The fourth-order valence-electron chi connectivity index (χ4n) is 0.982. The molecule has 10 heavy (non-hydrogen) atoms. The van der Waals surface area contributed by atoms with Crippen molar-refractivity contribution in [3.05, 3.63) is 35.4 Å². The first kappa shape index (κ1) is 7.33. The summed E-state index contributed by atoms with van der Waals surface area (Å²) in [6.45, 7) is 4.32. The Morgan fingerprint density at radius 1 is 1.10 bits per heavy atom. The first-order valence-electron chi connectivity index (χ1n) is 3.87. The first-order valence-corrected chi connectivity index (χ1v) is 3.87. The zero-order chi connectivity index (χ0) is 7.40. The van der Waals surface area contributed by atoms with Crippen LogP contribution < -0.4 is 0 Å². The fraction of sp³-hybridized carbons (Fsp3) is 0.400. The van der Waals surface area contributed by atoms with Gasteiger partial charge in [-0.1, -0.05) is 32.0 Å². The molecule has 0 aliphatic heterocycles. The number of hydrogen-bond acceptors (Lipinski definition) is 0. The van der Waals surface area contributed by atoms with E-state index in [1.807, 2.05) is 0 Å². The largest absolute Gasteiger partial charge is 0.0617 e. The second-order valence-corrected chi connectivity index (χ2v) is 2.41. The quantitative estimate of drug-likeness (QED) is 0.581. The molecule has 0 nitrogen and oxygen atoms in total. The molecule has 0 heteroatoms. The van der Waals surface area contributed by atoms with E-state index in [0.717, 1.165) is 12.8 Å². The van der Waals surface area contributed by atoms with Crippen molar-refractivity contribution in [3.8, 4) is 0 Å². The van der Waals surface area contributed by atoms with E-state index in [2.05, 4.69) is 38.1 Å². The molecular formula is C10H13. The second kappa shape index (κ2) is 3.40. The molecule has 0 saturated carbocycles. The van der Waals surface area contributed by atoms with Crippen LogP contribution in [-0.2, 0) is 12.8 Å². The molecule has 0 heterocycles. The molecule has 0 N–H and O–H groups in total. The molecule has 0 aliphatic rings. The number of hydrogen-bond donors (Lipinski definition) is 0. The lowest BCUT2D eigenvalue weighted by molar-refractivity contribution is 1.08. The summed E-state index contributed by atoms with van der Waals surface area (Å²) in [6, 6.07) is 9.70. The second-order valence-electron chi connectivity index (χ2n) is 2.41. The highest BCUT2D eigenvalue weighted by molar-refractivity contribution is 5.21. The van der Waals surface area contributed by atoms with Crippen LogP contribution in [0, 0.1) is 6.07 Å². The van der Waals surface area contributed by atoms with Crippen molar-refractivity contribution < 1.29 is 0 Å². The lowest BCUT2D eigenvalue weighted by atomic mass is 10.1. The Balaban J connectivity index is 2.87. The SMILES string of the molecule is CCc1[c]c(CC)ccc1. The Bertz CT molecular complexity index is 182. The minimum atomic E-state index is 1.09. The topological polar surface area (TPSA) is 0 Å². The van der Waals surface area contributed by atoms with Crippen LogP contribution in [0.15, 0.2) is 18.2 Å². The van der Waals surface area contributed by atoms with E-state index >= 15 is 0 Å². The van der Waals surface area contributed by atoms with Gasteiger partial charge in [0.25, 0.3) is 0 Å². The van der Waals surface area contributed by atoms with E-state index < -0.39 is 0 Å². The molecule has 1 rings (SSSR count). The number of aryl methyl sites for hydroxylation is 2. The van der Waals surface area contributed by atoms with Gasteiger partial charge in [0.2, 0.25) is 0 Å². The molecule has 0 bridgehead atoms. The summed E-state index contributed by atoms with van der Waals surface area (Å²) in [7, 11) is 0. The van der Waals surface area contributed by atoms with E-state index in [0.29, 0.717) is 0 Å². The average Bonchev–Trinajstić information content (AvgIpc) is 2.05. The number of rotatable bonds is 2. The molecule has 53 valence electrons. The molecule has 1 radical (unpaired) electrons. The predicted molar refractivity (Wildman–Crippen MR) is 44.0 cm³/mol. The number of benzene rings is 1. The van der Waals surface area contributed by atoms with Gasteiger partial charge in [0.1, 0.15) is 0 Å². The van der Waals surface area contributed by atoms with Crippen molar-refractivity contribution in [2.24, 2.45) is 0 Å². The molecular weight excluding hydrogens is 120 g/mol. The summed E-state index contributed by atoms with van der Waals surface area (Å²) in [5, 5.41) is 0. The van der Waals surface area contributed by atoms with Gasteiger partial charge in [-0.05, 0) is 30.0 Å². The monoisotopic (exact) mass is 133 g/mol. The Hall–Kier alpha value is -0.780. The molecule has 0 aliphatic carbocycles. The average molecular weight is 133 g/mol. The van der Waals surface area contributed by atoms with Crippen molar-refractivity contribution in [1.82, 2.24) is 0 Å². The molecule has 1 aromatic carbocycles. The summed E-state index contributed by atoms with van der Waals surface area (Å²) in [5.74, 6) is 0. The summed E-state index contributed by atoms with van der Waals surface area (Å²) < 4.78 is 0. The van der Waals surface area contributed by atoms with Crippen LogP contribution in [-0.4, -0.2) is 0 Å². The van der Waals surface area contributed by atoms with Crippen LogP contribution in [0.5, 0.6) is 0 Å². The van der Waals surface area contributed by atoms with Gasteiger partial charge in [0.05, 0.1) is 0 Å². The van der Waals surface area contributed by atoms with Gasteiger partial charge in [0, 0.05) is 0 Å². The van der Waals surface area contributed by atoms with Crippen molar-refractivity contribution >= 4 is 0 Å². The molecule has 1 aromatic rings. The van der Waals surface area contributed by atoms with Gasteiger partial charge in [0.15, 0.2) is 0 Å². The van der Waals surface area contributed by atoms with Crippen molar-refractivity contribution in [3.63, 3.8) is 0 Å². The zero-order valence-electron chi connectivity index (χ0n) is 6.65. The van der Waals surface area contributed by atoms with Gasteiger partial charge in [-0.3, -0.25) is 0 Å². The van der Waals surface area contributed by atoms with E-state index in [1.165, 1.54) is 11.1 Å². The Labute approximate surface area is 62.9 Å². The van der Waals surface area contributed by atoms with E-state index in [9.17, 15) is 0 Å². The molecule has 0 aromatic heterocycles. The minimum Gasteiger partial charge on any atom is -0.0617 e. The summed E-state index contributed by atoms with van der Waals surface area (Å²) >= 11 is 0. The molecule has 0 amide bonds. The van der Waals surface area contributed by atoms with Gasteiger partial charge in [-0.2, -0.15) is 0 Å². The fourth-order valence-corrected chi connectivity index (χ4v) is 0.982. The van der Waals surface area contributed by atoms with E-state index in [1.54, 1.807) is 0 Å². The molecule has 0 atom stereocenters. The smallest absolute Gasteiger partial charge is 0.0114 e. The zero-order valence-corrected chi connectivity index (χ0v) is 6.65. The first-order chi connectivity index (χ1) is 4.86. The highest BCUT2D eigenvalue weighted by atomic mass is 13.9. The van der Waals surface area contributed by atoms with Crippen LogP contribution >= 0.6 is 0 Å². The van der Waals surface area contributed by atoms with Gasteiger partial charge in [-0.15, -0.1) is 0 Å². The normalized spacial score (nSPS) is 9.80. The highest BCUT2D eigenvalue weighted by Gasteiger charge is 1.90. The third kappa shape index (κ3) is 1.60. The highest BCUT2D eigenvalue weighted by Crippen LogP contribution is 2.04. The van der Waals surface area contributed by atoms with Crippen LogP contribution in [0.4, 0.5) is 0 Å². The standard InChI is InChI=1S/C10H13/c1-3-9-6-5-7-10(4-2)8-9/h5-7H,3-4H2,1-2H3. The maximum atomic E-state index is 3.34. The van der Waals surface area contributed by atoms with Crippen molar-refractivity contribution in [2.75, 3.05) is 0 Å². The maximum Gasteiger partial charge on any atom is -0.0114 e. The lowest BCUT2D eigenvalue weighted by Crippen LogP contribution is -1.84. The molecule has 0 spiro atoms. The minimum absolute atomic E-state index is 1.09. The van der Waals surface area contributed by atoms with Crippen molar-refractivity contribution in [1.29, 1.82) is 0 Å². The Morgan fingerprint density at radius 3 is 2.00 bits per heavy atom. The van der Waals surface area contributed by atoms with Crippen LogP contribution in [0.3, 0.4) is 0 Å². The summed E-state index contributed by atoms with van der Waals surface area (Å²) in [4.78, 5) is 0. The predicted octanol–water partition coefficient (Wildman–Crippen LogP) is 2.61. The summed E-state index contributed by atoms with van der Waals surface area (Å²) in [5.41, 5.74) is 2.64. The summed E-state index contributed by atoms with van der Waals surface area (Å²) in [6.07, 6.45) is 2.18. The molecule has 0 unspecified atom stereocenters. The molecule has 0 saturated heterocycles. The van der Waals surface area contributed by atoms with Crippen LogP contribution in [0.2, 0.25) is 0 Å². The Kier molecular flexibility index (Phi) is 2.49. The van der Waals surface area contributed by atoms with Gasteiger partial charge >= 0.3 is 0 Å². The van der Waals surface area contributed by atoms with Gasteiger partial charge in [-0.25, -0.2) is 0 Å². The van der Waals surface area contributed by atoms with Crippen molar-refractivity contribution in [2.45, 2.75) is 26.7 Å². The lowest BCUT2D eigenvalue weighted by Gasteiger charge is -1.97. The third-order valence-electron chi connectivity index (χ3n) is 1.68. The van der Waals surface area contributed by atoms with E-state index in [4.69, 9.17) is 0 Å². The molecule has 0 fully saturated rings. The Morgan fingerprint density at radius 2 is 1.60 bits per heavy atom. The van der Waals surface area contributed by atoms with Crippen LogP contribution in [0.1, 0.15) is 25.0 Å². The van der Waals surface area contributed by atoms with Gasteiger partial charge < -0.3 is 0 Å².